The van der Waals surface area contributed by atoms with Crippen LogP contribution in [0.2, 0.25) is 0 Å². The van der Waals surface area contributed by atoms with Gasteiger partial charge in [0.1, 0.15) is 0 Å². The van der Waals surface area contributed by atoms with E-state index in [1.807, 2.05) is 0 Å². The first-order chi connectivity index (χ1) is 17.0. The van der Waals surface area contributed by atoms with Gasteiger partial charge in [-0.15, -0.1) is 10.2 Å². The molecule has 2 aromatic rings. The first-order valence-corrected chi connectivity index (χ1v) is 12.0. The number of aromatic nitrogens is 2. The first-order valence-electron chi connectivity index (χ1n) is 12.0. The molecule has 12 heteroatoms. The van der Waals surface area contributed by atoms with E-state index in [9.17, 15) is 31.5 Å². The smallest absolute Gasteiger partial charge is 0.394 e. The molecule has 2 amide bonds. The average molecular weight is 510 g/mol. The number of carbonyl (C=O) groups is 2. The van der Waals surface area contributed by atoms with Crippen LogP contribution in [0, 0.1) is 10.8 Å². The molecule has 0 saturated heterocycles. The molecular formula is C24H23F5N4O3. The zero-order valence-corrected chi connectivity index (χ0v) is 19.1. The molecule has 36 heavy (non-hydrogen) atoms. The molecule has 0 radical (unpaired) electrons. The number of rotatable bonds is 5. The van der Waals surface area contributed by atoms with Crippen molar-refractivity contribution in [1.29, 1.82) is 0 Å². The Morgan fingerprint density at radius 1 is 1.14 bits per heavy atom. The fourth-order valence-corrected chi connectivity index (χ4v) is 6.47. The quantitative estimate of drug-likeness (QED) is 0.585. The monoisotopic (exact) mass is 510 g/mol. The first kappa shape index (κ1) is 23.4. The molecule has 5 aliphatic rings. The largest absolute Gasteiger partial charge is 0.415 e. The molecule has 1 aliphatic heterocycles. The van der Waals surface area contributed by atoms with E-state index < -0.39 is 29.3 Å². The highest BCUT2D eigenvalue weighted by molar-refractivity contribution is 5.99. The lowest BCUT2D eigenvalue weighted by Gasteiger charge is -2.69. The summed E-state index contributed by atoms with van der Waals surface area (Å²) < 4.78 is 70.2. The Hall–Kier alpha value is -3.05. The minimum absolute atomic E-state index is 0.114. The molecule has 1 unspecified atom stereocenters. The van der Waals surface area contributed by atoms with E-state index >= 15 is 0 Å². The van der Waals surface area contributed by atoms with Crippen molar-refractivity contribution in [1.82, 2.24) is 20.4 Å². The Morgan fingerprint density at radius 3 is 2.53 bits per heavy atom. The number of benzene rings is 1. The third-order valence-corrected chi connectivity index (χ3v) is 8.38. The number of halogens is 5. The van der Waals surface area contributed by atoms with Gasteiger partial charge in [-0.3, -0.25) is 9.59 Å². The number of amides is 2. The van der Waals surface area contributed by atoms with Crippen molar-refractivity contribution in [2.45, 2.75) is 76.2 Å². The molecule has 4 aliphatic carbocycles. The Bertz CT molecular complexity index is 1220. The average Bonchev–Trinajstić information content (AvgIpc) is 3.37. The van der Waals surface area contributed by atoms with E-state index in [4.69, 9.17) is 4.42 Å². The number of nitrogens with zero attached hydrogens (tertiary/aromatic N) is 3. The summed E-state index contributed by atoms with van der Waals surface area (Å²) in [5, 5.41) is 9.94. The Kier molecular flexibility index (Phi) is 5.01. The normalized spacial score (nSPS) is 31.2. The lowest BCUT2D eigenvalue weighted by atomic mass is 9.34. The molecule has 7 rings (SSSR count). The number of alkyl halides is 5. The summed E-state index contributed by atoms with van der Waals surface area (Å²) in [5.41, 5.74) is -1.15. The molecule has 1 aromatic carbocycles. The van der Waals surface area contributed by atoms with Gasteiger partial charge in [0.05, 0.1) is 16.9 Å². The summed E-state index contributed by atoms with van der Waals surface area (Å²) in [5.74, 6) is -1.52. The van der Waals surface area contributed by atoms with Gasteiger partial charge < -0.3 is 14.6 Å². The summed E-state index contributed by atoms with van der Waals surface area (Å²) in [4.78, 5) is 28.0. The van der Waals surface area contributed by atoms with Crippen LogP contribution in [-0.2, 0) is 11.3 Å². The van der Waals surface area contributed by atoms with Gasteiger partial charge in [0, 0.05) is 23.7 Å². The number of nitrogens with one attached hydrogen (secondary N) is 1. The van der Waals surface area contributed by atoms with Gasteiger partial charge in [0.25, 0.3) is 11.8 Å². The van der Waals surface area contributed by atoms with Crippen molar-refractivity contribution in [2.24, 2.45) is 10.8 Å². The maximum absolute atomic E-state index is 13.4. The molecule has 0 spiro atoms. The van der Waals surface area contributed by atoms with Crippen molar-refractivity contribution in [3.05, 3.63) is 35.2 Å². The molecular weight excluding hydrogens is 487 g/mol. The standard InChI is InChI=1S/C24H23F5N4O3/c25-17(26)19-32-31-18(36-19)12-5-6-13-8-33(20(34)14(13)7-12)16-4-2-1-3-15(16)30-21(35)22-9-23(10-22,11-22)24(27,28)29/h5-7,15-17H,1-4,8-11H2,(H,30,35)/t15-,16?,22?,23?/m1/s1. The predicted octanol–water partition coefficient (Wildman–Crippen LogP) is 4.79. The summed E-state index contributed by atoms with van der Waals surface area (Å²) in [6, 6.07) is 4.24. The maximum atomic E-state index is 13.4. The van der Waals surface area contributed by atoms with Crippen LogP contribution < -0.4 is 5.32 Å². The Labute approximate surface area is 202 Å². The highest BCUT2D eigenvalue weighted by atomic mass is 19.4. The molecule has 2 heterocycles. The molecule has 2 bridgehead atoms. The van der Waals surface area contributed by atoms with Crippen molar-refractivity contribution in [2.75, 3.05) is 0 Å². The summed E-state index contributed by atoms with van der Waals surface area (Å²) in [6.07, 6.45) is -4.64. The topological polar surface area (TPSA) is 88.3 Å². The van der Waals surface area contributed by atoms with Crippen molar-refractivity contribution in [3.8, 4) is 11.5 Å². The summed E-state index contributed by atoms with van der Waals surface area (Å²) in [7, 11) is 0. The van der Waals surface area contributed by atoms with E-state index in [1.54, 1.807) is 17.0 Å². The minimum atomic E-state index is -4.28. The van der Waals surface area contributed by atoms with E-state index in [1.165, 1.54) is 6.07 Å². The van der Waals surface area contributed by atoms with E-state index in [2.05, 4.69) is 15.5 Å². The molecule has 1 aromatic heterocycles. The van der Waals surface area contributed by atoms with Gasteiger partial charge in [-0.05, 0) is 49.8 Å². The zero-order valence-electron chi connectivity index (χ0n) is 19.1. The van der Waals surface area contributed by atoms with E-state index in [0.29, 0.717) is 30.5 Å². The van der Waals surface area contributed by atoms with Crippen molar-refractivity contribution in [3.63, 3.8) is 0 Å². The SMILES string of the molecule is O=C1c2cc(-c3nnc(C(F)F)o3)ccc2CN1C1CCCC[C@H]1NC(=O)C12CC(C(F)(F)F)(C1)C2. The number of fused-ring (bicyclic) bond motifs is 1. The summed E-state index contributed by atoms with van der Waals surface area (Å²) in [6.45, 7) is 0.319. The summed E-state index contributed by atoms with van der Waals surface area (Å²) >= 11 is 0. The van der Waals surface area contributed by atoms with Crippen LogP contribution in [-0.4, -0.2) is 45.2 Å². The van der Waals surface area contributed by atoms with Crippen LogP contribution in [0.4, 0.5) is 22.0 Å². The van der Waals surface area contributed by atoms with Gasteiger partial charge in [-0.1, -0.05) is 18.9 Å². The highest BCUT2D eigenvalue weighted by Crippen LogP contribution is 2.78. The second-order valence-corrected chi connectivity index (χ2v) is 10.6. The minimum Gasteiger partial charge on any atom is -0.415 e. The van der Waals surface area contributed by atoms with Gasteiger partial charge in [-0.25, -0.2) is 0 Å². The van der Waals surface area contributed by atoms with Gasteiger partial charge in [-0.2, -0.15) is 22.0 Å². The third kappa shape index (κ3) is 3.36. The van der Waals surface area contributed by atoms with Crippen LogP contribution >= 0.6 is 0 Å². The highest BCUT2D eigenvalue weighted by Gasteiger charge is 2.81. The van der Waals surface area contributed by atoms with Crippen molar-refractivity contribution < 1.29 is 36.0 Å². The fraction of sp³-hybridized carbons (Fsp3) is 0.583. The van der Waals surface area contributed by atoms with Gasteiger partial charge >= 0.3 is 12.6 Å². The second kappa shape index (κ2) is 7.72. The van der Waals surface area contributed by atoms with Crippen LogP contribution in [0.5, 0.6) is 0 Å². The van der Waals surface area contributed by atoms with Crippen LogP contribution in [0.1, 0.15) is 73.2 Å². The number of hydrogen-bond donors (Lipinski definition) is 1. The lowest BCUT2D eigenvalue weighted by Crippen LogP contribution is -2.73. The second-order valence-electron chi connectivity index (χ2n) is 10.6. The molecule has 4 fully saturated rings. The van der Waals surface area contributed by atoms with E-state index in [0.717, 1.165) is 18.4 Å². The van der Waals surface area contributed by atoms with E-state index in [-0.39, 0.29) is 49.1 Å². The van der Waals surface area contributed by atoms with Crippen LogP contribution in [0.3, 0.4) is 0 Å². The van der Waals surface area contributed by atoms with Gasteiger partial charge in [0.2, 0.25) is 11.8 Å². The molecule has 1 N–H and O–H groups in total. The predicted molar refractivity (Wildman–Crippen MR) is 114 cm³/mol. The fourth-order valence-electron chi connectivity index (χ4n) is 6.47. The van der Waals surface area contributed by atoms with Crippen LogP contribution in [0.25, 0.3) is 11.5 Å². The lowest BCUT2D eigenvalue weighted by molar-refractivity contribution is -0.351. The Balaban J connectivity index is 1.17. The molecule has 4 saturated carbocycles. The number of carbonyl (C=O) groups excluding carboxylic acids is 2. The molecule has 7 nitrogen and oxygen atoms in total. The van der Waals surface area contributed by atoms with Gasteiger partial charge in [0.15, 0.2) is 0 Å². The zero-order chi connectivity index (χ0) is 25.5. The Morgan fingerprint density at radius 2 is 1.86 bits per heavy atom. The molecule has 2 atom stereocenters. The van der Waals surface area contributed by atoms with Crippen LogP contribution in [0.15, 0.2) is 22.6 Å². The third-order valence-electron chi connectivity index (χ3n) is 8.38. The maximum Gasteiger partial charge on any atom is 0.394 e. The molecule has 192 valence electrons. The number of hydrogen-bond acceptors (Lipinski definition) is 5. The van der Waals surface area contributed by atoms with Crippen molar-refractivity contribution >= 4 is 11.8 Å².